The Morgan fingerprint density at radius 3 is 2.47 bits per heavy atom. The highest BCUT2D eigenvalue weighted by atomic mass is 32.2. The largest absolute Gasteiger partial charge is 0.478 e. The van der Waals surface area contributed by atoms with Crippen molar-refractivity contribution in [1.29, 1.82) is 0 Å². The molecular formula is C7H7FN2O4S. The van der Waals surface area contributed by atoms with E-state index in [-0.39, 0.29) is 5.69 Å². The van der Waals surface area contributed by atoms with Gasteiger partial charge in [-0.2, -0.15) is 8.42 Å². The second kappa shape index (κ2) is 3.83. The van der Waals surface area contributed by atoms with Crippen LogP contribution < -0.4 is 9.86 Å². The van der Waals surface area contributed by atoms with Crippen molar-refractivity contribution in [2.75, 3.05) is 4.72 Å². The van der Waals surface area contributed by atoms with Gasteiger partial charge in [-0.25, -0.2) is 14.3 Å². The molecule has 6 nitrogen and oxygen atoms in total. The fourth-order valence-electron chi connectivity index (χ4n) is 0.916. The van der Waals surface area contributed by atoms with Gasteiger partial charge in [0.15, 0.2) is 0 Å². The lowest BCUT2D eigenvalue weighted by Gasteiger charge is -2.04. The van der Waals surface area contributed by atoms with Crippen molar-refractivity contribution < 1.29 is 22.7 Å². The molecule has 8 heteroatoms. The topological polar surface area (TPSA) is 109 Å². The fourth-order valence-corrected chi connectivity index (χ4v) is 1.37. The van der Waals surface area contributed by atoms with Gasteiger partial charge in [-0.1, -0.05) is 0 Å². The predicted molar refractivity (Wildman–Crippen MR) is 50.1 cm³/mol. The molecule has 15 heavy (non-hydrogen) atoms. The van der Waals surface area contributed by atoms with Crippen molar-refractivity contribution in [2.24, 2.45) is 5.14 Å². The van der Waals surface area contributed by atoms with E-state index in [0.29, 0.717) is 0 Å². The lowest BCUT2D eigenvalue weighted by molar-refractivity contribution is 0.0692. The number of carboxylic acid groups (broad SMARTS) is 1. The molecule has 4 N–H and O–H groups in total. The van der Waals surface area contributed by atoms with Crippen molar-refractivity contribution in [3.63, 3.8) is 0 Å². The molecule has 0 fully saturated rings. The van der Waals surface area contributed by atoms with Crippen molar-refractivity contribution in [3.8, 4) is 0 Å². The molecule has 0 saturated heterocycles. The summed E-state index contributed by atoms with van der Waals surface area (Å²) >= 11 is 0. The van der Waals surface area contributed by atoms with Crippen LogP contribution in [-0.4, -0.2) is 19.5 Å². The number of nitrogens with two attached hydrogens (primary N) is 1. The lowest BCUT2D eigenvalue weighted by Crippen LogP contribution is -2.21. The van der Waals surface area contributed by atoms with E-state index in [1.54, 1.807) is 4.72 Å². The van der Waals surface area contributed by atoms with Gasteiger partial charge in [-0.15, -0.1) is 0 Å². The Morgan fingerprint density at radius 2 is 2.07 bits per heavy atom. The highest BCUT2D eigenvalue weighted by Crippen LogP contribution is 2.14. The Labute approximate surface area is 84.7 Å². The Bertz CT molecular complexity index is 500. The highest BCUT2D eigenvalue weighted by molar-refractivity contribution is 7.90. The Morgan fingerprint density at radius 1 is 1.47 bits per heavy atom. The maximum atomic E-state index is 13.0. The Kier molecular flexibility index (Phi) is 2.91. The molecule has 0 heterocycles. The van der Waals surface area contributed by atoms with E-state index >= 15 is 0 Å². The molecule has 0 radical (unpaired) electrons. The zero-order valence-corrected chi connectivity index (χ0v) is 8.08. The summed E-state index contributed by atoms with van der Waals surface area (Å²) in [5, 5.41) is 13.1. The lowest BCUT2D eigenvalue weighted by atomic mass is 10.2. The van der Waals surface area contributed by atoms with Crippen LogP contribution in [0.25, 0.3) is 0 Å². The molecule has 0 unspecified atom stereocenters. The van der Waals surface area contributed by atoms with Crippen LogP contribution in [0.5, 0.6) is 0 Å². The van der Waals surface area contributed by atoms with E-state index in [4.69, 9.17) is 5.11 Å². The smallest absolute Gasteiger partial charge is 0.338 e. The van der Waals surface area contributed by atoms with Crippen LogP contribution >= 0.6 is 0 Å². The number of carbonyl (C=O) groups is 1. The maximum Gasteiger partial charge on any atom is 0.338 e. The van der Waals surface area contributed by atoms with E-state index in [2.05, 4.69) is 5.14 Å². The molecule has 0 saturated carbocycles. The molecule has 0 aliphatic carbocycles. The molecule has 0 aromatic heterocycles. The van der Waals surface area contributed by atoms with Gasteiger partial charge in [-0.3, -0.25) is 4.72 Å². The van der Waals surface area contributed by atoms with E-state index in [9.17, 15) is 17.6 Å². The van der Waals surface area contributed by atoms with Gasteiger partial charge in [-0.05, 0) is 18.2 Å². The molecule has 0 spiro atoms. The summed E-state index contributed by atoms with van der Waals surface area (Å²) in [5.41, 5.74) is -0.685. The van der Waals surface area contributed by atoms with Crippen molar-refractivity contribution in [2.45, 2.75) is 0 Å². The van der Waals surface area contributed by atoms with Crippen LogP contribution in [0.4, 0.5) is 10.1 Å². The van der Waals surface area contributed by atoms with Crippen LogP contribution in [0, 0.1) is 5.82 Å². The summed E-state index contributed by atoms with van der Waals surface area (Å²) in [6, 6.07) is 2.76. The molecule has 82 valence electrons. The summed E-state index contributed by atoms with van der Waals surface area (Å²) < 4.78 is 35.9. The van der Waals surface area contributed by atoms with Crippen molar-refractivity contribution >= 4 is 21.9 Å². The third-order valence-corrected chi connectivity index (χ3v) is 1.98. The minimum absolute atomic E-state index is 0.139. The summed E-state index contributed by atoms with van der Waals surface area (Å²) in [4.78, 5) is 10.4. The number of aromatic carboxylic acids is 1. The van der Waals surface area contributed by atoms with E-state index in [0.717, 1.165) is 18.2 Å². The highest BCUT2D eigenvalue weighted by Gasteiger charge is 2.11. The molecule has 0 aliphatic rings. The second-order valence-electron chi connectivity index (χ2n) is 2.65. The SMILES string of the molecule is NS(=O)(=O)Nc1ccc(C(=O)O)c(F)c1. The fraction of sp³-hybridized carbons (Fsp3) is 0. The van der Waals surface area contributed by atoms with Crippen LogP contribution in [0.1, 0.15) is 10.4 Å². The van der Waals surface area contributed by atoms with Gasteiger partial charge in [0.2, 0.25) is 0 Å². The predicted octanol–water partition coefficient (Wildman–Crippen LogP) is 0.139. The number of nitrogens with one attached hydrogen (secondary N) is 1. The monoisotopic (exact) mass is 234 g/mol. The summed E-state index contributed by atoms with van der Waals surface area (Å²) in [5.74, 6) is -2.48. The summed E-state index contributed by atoms with van der Waals surface area (Å²) in [7, 11) is -3.99. The van der Waals surface area contributed by atoms with Gasteiger partial charge >= 0.3 is 5.97 Å². The number of hydrogen-bond acceptors (Lipinski definition) is 3. The molecule has 0 amide bonds. The van der Waals surface area contributed by atoms with Crippen LogP contribution in [0.3, 0.4) is 0 Å². The average molecular weight is 234 g/mol. The van der Waals surface area contributed by atoms with Gasteiger partial charge in [0.05, 0.1) is 11.3 Å². The number of hydrogen-bond donors (Lipinski definition) is 3. The summed E-state index contributed by atoms with van der Waals surface area (Å²) in [6.07, 6.45) is 0. The molecule has 0 bridgehead atoms. The average Bonchev–Trinajstić information content (AvgIpc) is 1.99. The van der Waals surface area contributed by atoms with Crippen LogP contribution in [0.2, 0.25) is 0 Å². The first-order valence-electron chi connectivity index (χ1n) is 3.63. The first-order chi connectivity index (χ1) is 6.79. The standard InChI is InChI=1S/C7H7FN2O4S/c8-6-3-4(10-15(9,13)14)1-2-5(6)7(11)12/h1-3,10H,(H,11,12)(H2,9,13,14). The van der Waals surface area contributed by atoms with E-state index < -0.39 is 27.6 Å². The van der Waals surface area contributed by atoms with E-state index in [1.165, 1.54) is 0 Å². The zero-order valence-electron chi connectivity index (χ0n) is 7.27. The van der Waals surface area contributed by atoms with Crippen LogP contribution in [-0.2, 0) is 10.2 Å². The van der Waals surface area contributed by atoms with Crippen molar-refractivity contribution in [1.82, 2.24) is 0 Å². The first-order valence-corrected chi connectivity index (χ1v) is 5.17. The van der Waals surface area contributed by atoms with Gasteiger partial charge in [0.1, 0.15) is 5.82 Å². The quantitative estimate of drug-likeness (QED) is 0.690. The number of halogens is 1. The third-order valence-electron chi connectivity index (χ3n) is 1.46. The Hall–Kier alpha value is -1.67. The molecule has 0 atom stereocenters. The minimum atomic E-state index is -3.99. The third kappa shape index (κ3) is 3.18. The number of rotatable bonds is 3. The molecule has 1 aromatic carbocycles. The molecular weight excluding hydrogens is 227 g/mol. The van der Waals surface area contributed by atoms with Gasteiger partial charge in [0, 0.05) is 0 Å². The van der Waals surface area contributed by atoms with Crippen LogP contribution in [0.15, 0.2) is 18.2 Å². The first kappa shape index (κ1) is 11.4. The minimum Gasteiger partial charge on any atom is -0.478 e. The second-order valence-corrected chi connectivity index (χ2v) is 3.94. The Balaban J connectivity index is 3.07. The van der Waals surface area contributed by atoms with Gasteiger partial charge < -0.3 is 5.11 Å². The van der Waals surface area contributed by atoms with Gasteiger partial charge in [0.25, 0.3) is 10.2 Å². The van der Waals surface area contributed by atoms with Crippen molar-refractivity contribution in [3.05, 3.63) is 29.6 Å². The number of benzene rings is 1. The number of carboxylic acids is 1. The van der Waals surface area contributed by atoms with E-state index in [1.807, 2.05) is 0 Å². The number of anilines is 1. The maximum absolute atomic E-state index is 13.0. The molecule has 1 rings (SSSR count). The normalized spacial score (nSPS) is 11.1. The zero-order chi connectivity index (χ0) is 11.6. The molecule has 1 aromatic rings. The molecule has 0 aliphatic heterocycles. The summed E-state index contributed by atoms with van der Waals surface area (Å²) in [6.45, 7) is 0.